The van der Waals surface area contributed by atoms with Crippen LogP contribution in [-0.2, 0) is 14.4 Å². The molecule has 1 saturated heterocycles. The smallest absolute Gasteiger partial charge is 0.281 e. The number of rotatable bonds is 4. The Hall–Kier alpha value is -3.42. The number of benzene rings is 2. The summed E-state index contributed by atoms with van der Waals surface area (Å²) in [6.45, 7) is 0. The minimum atomic E-state index is -1.40. The van der Waals surface area contributed by atoms with Crippen molar-refractivity contribution >= 4 is 23.2 Å². The van der Waals surface area contributed by atoms with E-state index in [1.54, 1.807) is 25.3 Å². The van der Waals surface area contributed by atoms with Crippen LogP contribution in [0.5, 0.6) is 11.5 Å². The Bertz CT molecular complexity index is 989. The van der Waals surface area contributed by atoms with E-state index < -0.39 is 23.2 Å². The van der Waals surface area contributed by atoms with E-state index >= 15 is 0 Å². The first-order valence-electron chi connectivity index (χ1n) is 8.58. The van der Waals surface area contributed by atoms with Gasteiger partial charge in [0, 0.05) is 18.1 Å². The largest absolute Gasteiger partial charge is 0.497 e. The van der Waals surface area contributed by atoms with Gasteiger partial charge in [-0.2, -0.15) is 0 Å². The predicted molar refractivity (Wildman–Crippen MR) is 98.0 cm³/mol. The number of imide groups is 1. The molecule has 2 amide bonds. The third-order valence-electron chi connectivity index (χ3n) is 4.87. The van der Waals surface area contributed by atoms with Crippen molar-refractivity contribution in [3.63, 3.8) is 0 Å². The first kappa shape index (κ1) is 18.0. The molecule has 1 spiro atoms. The van der Waals surface area contributed by atoms with E-state index in [0.29, 0.717) is 28.5 Å². The van der Waals surface area contributed by atoms with Crippen molar-refractivity contribution in [1.29, 1.82) is 0 Å². The van der Waals surface area contributed by atoms with Crippen LogP contribution in [-0.4, -0.2) is 37.3 Å². The lowest BCUT2D eigenvalue weighted by Crippen LogP contribution is -2.40. The number of anilines is 1. The maximum absolute atomic E-state index is 13.2. The van der Waals surface area contributed by atoms with Gasteiger partial charge in [-0.05, 0) is 36.4 Å². The summed E-state index contributed by atoms with van der Waals surface area (Å²) in [6, 6.07) is 10.4. The Morgan fingerprint density at radius 2 is 1.82 bits per heavy atom. The topological polar surface area (TPSA) is 77.4 Å². The molecule has 2 aromatic carbocycles. The molecule has 0 saturated carbocycles. The molecule has 1 fully saturated rings. The molecule has 4 rings (SSSR count). The van der Waals surface area contributed by atoms with Gasteiger partial charge in [0.25, 0.3) is 5.91 Å². The Kier molecular flexibility index (Phi) is 4.26. The fourth-order valence-electron chi connectivity index (χ4n) is 3.44. The number of halogens is 1. The molecule has 2 heterocycles. The molecule has 0 bridgehead atoms. The van der Waals surface area contributed by atoms with Crippen molar-refractivity contribution in [2.45, 2.75) is 18.4 Å². The molecule has 2 aliphatic heterocycles. The Morgan fingerprint density at radius 3 is 2.50 bits per heavy atom. The van der Waals surface area contributed by atoms with E-state index in [9.17, 15) is 14.0 Å². The van der Waals surface area contributed by atoms with Gasteiger partial charge in [0.2, 0.25) is 11.5 Å². The molecule has 8 heteroatoms. The molecular weight excluding hydrogens is 367 g/mol. The summed E-state index contributed by atoms with van der Waals surface area (Å²) in [4.78, 5) is 32.1. The van der Waals surface area contributed by atoms with Crippen molar-refractivity contribution in [1.82, 2.24) is 0 Å². The van der Waals surface area contributed by atoms with E-state index in [2.05, 4.69) is 5.16 Å². The average Bonchev–Trinajstić information content (AvgIpc) is 3.23. The van der Waals surface area contributed by atoms with E-state index in [-0.39, 0.29) is 12.8 Å². The highest BCUT2D eigenvalue weighted by Gasteiger charge is 2.58. The normalized spacial score (nSPS) is 21.1. The van der Waals surface area contributed by atoms with Gasteiger partial charge in [-0.1, -0.05) is 5.16 Å². The fraction of sp³-hybridized carbons (Fsp3) is 0.250. The van der Waals surface area contributed by atoms with Gasteiger partial charge in [-0.3, -0.25) is 9.59 Å². The molecule has 0 N–H and O–H groups in total. The van der Waals surface area contributed by atoms with E-state index in [1.165, 1.54) is 31.4 Å². The highest BCUT2D eigenvalue weighted by Crippen LogP contribution is 2.40. The highest BCUT2D eigenvalue weighted by molar-refractivity contribution is 6.26. The SMILES string of the molecule is COc1ccc(C2=NO[C@]3(CC(=O)N(c4ccc(F)cc4)C3=O)C2)c(OC)c1. The van der Waals surface area contributed by atoms with Gasteiger partial charge >= 0.3 is 0 Å². The minimum Gasteiger partial charge on any atom is -0.497 e. The molecule has 0 aromatic heterocycles. The second kappa shape index (κ2) is 6.63. The monoisotopic (exact) mass is 384 g/mol. The lowest BCUT2D eigenvalue weighted by molar-refractivity contribution is -0.136. The number of carbonyl (C=O) groups excluding carboxylic acids is 2. The Balaban J connectivity index is 1.61. The van der Waals surface area contributed by atoms with Crippen LogP contribution in [0.1, 0.15) is 18.4 Å². The summed E-state index contributed by atoms with van der Waals surface area (Å²) in [6.07, 6.45) is -0.0212. The van der Waals surface area contributed by atoms with Crippen molar-refractivity contribution in [3.8, 4) is 11.5 Å². The van der Waals surface area contributed by atoms with E-state index in [0.717, 1.165) is 4.90 Å². The minimum absolute atomic E-state index is 0.123. The number of hydrogen-bond donors (Lipinski definition) is 0. The standard InChI is InChI=1S/C20H17FN2O5/c1-26-14-7-8-15(17(9-14)27-2)16-10-20(28-22-16)11-18(24)23(19(20)25)13-5-3-12(21)4-6-13/h3-9H,10-11H2,1-2H3/t20-/m0/s1. The lowest BCUT2D eigenvalue weighted by atomic mass is 9.92. The quantitative estimate of drug-likeness (QED) is 0.758. The van der Waals surface area contributed by atoms with Crippen molar-refractivity contribution in [2.75, 3.05) is 19.1 Å². The second-order valence-electron chi connectivity index (χ2n) is 6.55. The van der Waals surface area contributed by atoms with Crippen LogP contribution in [0.15, 0.2) is 47.6 Å². The summed E-state index contributed by atoms with van der Waals surface area (Å²) in [5, 5.41) is 4.07. The van der Waals surface area contributed by atoms with E-state index in [1.807, 2.05) is 0 Å². The van der Waals surface area contributed by atoms with Crippen LogP contribution in [0.4, 0.5) is 10.1 Å². The number of carbonyl (C=O) groups is 2. The van der Waals surface area contributed by atoms with Crippen LogP contribution in [0, 0.1) is 5.82 Å². The molecule has 0 unspecified atom stereocenters. The Morgan fingerprint density at radius 1 is 1.07 bits per heavy atom. The maximum atomic E-state index is 13.2. The number of oxime groups is 1. The summed E-state index contributed by atoms with van der Waals surface area (Å²) in [5.74, 6) is -0.257. The number of ether oxygens (including phenoxy) is 2. The number of hydrogen-bond acceptors (Lipinski definition) is 6. The summed E-state index contributed by atoms with van der Waals surface area (Å²) < 4.78 is 23.7. The average molecular weight is 384 g/mol. The molecule has 2 aromatic rings. The number of nitrogens with zero attached hydrogens (tertiary/aromatic N) is 2. The molecule has 144 valence electrons. The van der Waals surface area contributed by atoms with Gasteiger partial charge in [-0.25, -0.2) is 9.29 Å². The first-order valence-corrected chi connectivity index (χ1v) is 8.58. The molecule has 28 heavy (non-hydrogen) atoms. The first-order chi connectivity index (χ1) is 13.5. The maximum Gasteiger partial charge on any atom is 0.281 e. The molecule has 0 radical (unpaired) electrons. The summed E-state index contributed by atoms with van der Waals surface area (Å²) in [5.41, 5.74) is 0.0563. The van der Waals surface area contributed by atoms with Gasteiger partial charge < -0.3 is 14.3 Å². The third-order valence-corrected chi connectivity index (χ3v) is 4.87. The van der Waals surface area contributed by atoms with Crippen molar-refractivity contribution in [3.05, 3.63) is 53.8 Å². The third kappa shape index (κ3) is 2.77. The zero-order valence-electron chi connectivity index (χ0n) is 15.3. The van der Waals surface area contributed by atoms with Gasteiger partial charge in [0.05, 0.1) is 32.0 Å². The lowest BCUT2D eigenvalue weighted by Gasteiger charge is -2.19. The van der Waals surface area contributed by atoms with Crippen LogP contribution in [0.2, 0.25) is 0 Å². The van der Waals surface area contributed by atoms with Gasteiger partial charge in [0.15, 0.2) is 0 Å². The molecule has 7 nitrogen and oxygen atoms in total. The van der Waals surface area contributed by atoms with Crippen LogP contribution < -0.4 is 14.4 Å². The van der Waals surface area contributed by atoms with E-state index in [4.69, 9.17) is 14.3 Å². The van der Waals surface area contributed by atoms with Crippen molar-refractivity contribution < 1.29 is 28.3 Å². The second-order valence-corrected chi connectivity index (χ2v) is 6.55. The number of amides is 2. The van der Waals surface area contributed by atoms with Crippen molar-refractivity contribution in [2.24, 2.45) is 5.16 Å². The summed E-state index contributed by atoms with van der Waals surface area (Å²) in [7, 11) is 3.07. The highest BCUT2D eigenvalue weighted by atomic mass is 19.1. The predicted octanol–water partition coefficient (Wildman–Crippen LogP) is 2.67. The zero-order valence-corrected chi connectivity index (χ0v) is 15.3. The molecular formula is C20H17FN2O5. The fourth-order valence-corrected chi connectivity index (χ4v) is 3.44. The van der Waals surface area contributed by atoms with Crippen LogP contribution in [0.3, 0.4) is 0 Å². The zero-order chi connectivity index (χ0) is 19.9. The van der Waals surface area contributed by atoms with Crippen LogP contribution in [0.25, 0.3) is 0 Å². The molecule has 2 aliphatic rings. The molecule has 1 atom stereocenters. The van der Waals surface area contributed by atoms with Crippen LogP contribution >= 0.6 is 0 Å². The summed E-state index contributed by atoms with van der Waals surface area (Å²) >= 11 is 0. The van der Waals surface area contributed by atoms with Gasteiger partial charge in [0.1, 0.15) is 17.3 Å². The Labute approximate surface area is 160 Å². The van der Waals surface area contributed by atoms with Gasteiger partial charge in [-0.15, -0.1) is 0 Å². The molecule has 0 aliphatic carbocycles. The number of methoxy groups -OCH3 is 2.